The fourth-order valence-electron chi connectivity index (χ4n) is 3.23. The third kappa shape index (κ3) is 3.99. The molecular formula is C22H20ClN3O2. The molecule has 0 aliphatic heterocycles. The van der Waals surface area contributed by atoms with Gasteiger partial charge in [-0.15, -0.1) is 0 Å². The van der Waals surface area contributed by atoms with Crippen LogP contribution >= 0.6 is 11.6 Å². The number of H-pyrrole nitrogens is 1. The number of hydrogen-bond donors (Lipinski definition) is 1. The highest BCUT2D eigenvalue weighted by Crippen LogP contribution is 2.30. The van der Waals surface area contributed by atoms with Crippen LogP contribution in [0.4, 0.5) is 0 Å². The number of halogens is 1. The number of nitrogens with zero attached hydrogens (tertiary/aromatic N) is 2. The smallest absolute Gasteiger partial charge is 0.264 e. The van der Waals surface area contributed by atoms with E-state index in [1.54, 1.807) is 11.0 Å². The van der Waals surface area contributed by atoms with Crippen LogP contribution in [0.2, 0.25) is 5.02 Å². The van der Waals surface area contributed by atoms with Gasteiger partial charge in [-0.3, -0.25) is 9.59 Å². The van der Waals surface area contributed by atoms with Gasteiger partial charge in [-0.1, -0.05) is 47.5 Å². The van der Waals surface area contributed by atoms with Gasteiger partial charge in [0.25, 0.3) is 11.5 Å². The topological polar surface area (TPSA) is 66.1 Å². The van der Waals surface area contributed by atoms with Crippen LogP contribution in [-0.2, 0) is 6.54 Å². The zero-order valence-electron chi connectivity index (χ0n) is 15.5. The molecule has 5 nitrogen and oxygen atoms in total. The van der Waals surface area contributed by atoms with Crippen molar-refractivity contribution >= 4 is 17.5 Å². The molecule has 0 saturated heterocycles. The van der Waals surface area contributed by atoms with E-state index in [4.69, 9.17) is 11.6 Å². The molecule has 0 spiro atoms. The lowest BCUT2D eigenvalue weighted by Gasteiger charge is -2.22. The molecule has 142 valence electrons. The van der Waals surface area contributed by atoms with Gasteiger partial charge in [0.1, 0.15) is 11.4 Å². The molecule has 3 aromatic rings. The molecular weight excluding hydrogens is 374 g/mol. The summed E-state index contributed by atoms with van der Waals surface area (Å²) in [6.45, 7) is 2.39. The van der Waals surface area contributed by atoms with Crippen molar-refractivity contribution in [3.63, 3.8) is 0 Å². The fraction of sp³-hybridized carbons (Fsp3) is 0.227. The van der Waals surface area contributed by atoms with Crippen molar-refractivity contribution < 1.29 is 4.79 Å². The van der Waals surface area contributed by atoms with Gasteiger partial charge < -0.3 is 9.88 Å². The molecule has 1 N–H and O–H groups in total. The van der Waals surface area contributed by atoms with E-state index in [1.807, 2.05) is 49.4 Å². The van der Waals surface area contributed by atoms with Gasteiger partial charge in [0, 0.05) is 29.4 Å². The summed E-state index contributed by atoms with van der Waals surface area (Å²) in [5.41, 5.74) is 2.46. The van der Waals surface area contributed by atoms with Crippen LogP contribution in [0.3, 0.4) is 0 Å². The molecule has 28 heavy (non-hydrogen) atoms. The predicted octanol–water partition coefficient (Wildman–Crippen LogP) is 4.20. The number of benzene rings is 2. The van der Waals surface area contributed by atoms with E-state index in [0.717, 1.165) is 29.5 Å². The Bertz CT molecular complexity index is 1090. The number of nitrogens with one attached hydrogen (secondary N) is 1. The van der Waals surface area contributed by atoms with Crippen LogP contribution in [-0.4, -0.2) is 26.8 Å². The van der Waals surface area contributed by atoms with E-state index < -0.39 is 5.56 Å². The molecule has 1 fully saturated rings. The molecule has 6 heteroatoms. The molecule has 1 saturated carbocycles. The minimum Gasteiger partial charge on any atom is -0.331 e. The Morgan fingerprint density at radius 3 is 2.68 bits per heavy atom. The fourth-order valence-corrected chi connectivity index (χ4v) is 3.44. The summed E-state index contributed by atoms with van der Waals surface area (Å²) in [6, 6.07) is 15.3. The predicted molar refractivity (Wildman–Crippen MR) is 109 cm³/mol. The number of carbonyl (C=O) groups excluding carboxylic acids is 1. The number of aromatic amines is 1. The number of aromatic nitrogens is 2. The van der Waals surface area contributed by atoms with E-state index in [0.29, 0.717) is 17.4 Å². The average molecular weight is 394 g/mol. The third-order valence-corrected chi connectivity index (χ3v) is 5.05. The second-order valence-electron chi connectivity index (χ2n) is 7.14. The maximum Gasteiger partial charge on any atom is 0.264 e. The Balaban J connectivity index is 1.61. The van der Waals surface area contributed by atoms with Crippen LogP contribution in [0, 0.1) is 6.92 Å². The first kappa shape index (κ1) is 18.4. The number of rotatable bonds is 5. The minimum atomic E-state index is -0.423. The molecule has 2 aromatic carbocycles. The summed E-state index contributed by atoms with van der Waals surface area (Å²) in [5, 5.41) is 0.628. The summed E-state index contributed by atoms with van der Waals surface area (Å²) < 4.78 is 0. The van der Waals surface area contributed by atoms with E-state index in [-0.39, 0.29) is 17.5 Å². The molecule has 0 bridgehead atoms. The van der Waals surface area contributed by atoms with Crippen LogP contribution in [0.15, 0.2) is 59.5 Å². The lowest BCUT2D eigenvalue weighted by molar-refractivity contribution is 0.0727. The number of aryl methyl sites for hydroxylation is 1. The molecule has 0 radical (unpaired) electrons. The van der Waals surface area contributed by atoms with Crippen molar-refractivity contribution in [1.82, 2.24) is 14.9 Å². The van der Waals surface area contributed by atoms with Crippen molar-refractivity contribution in [3.05, 3.63) is 86.8 Å². The second-order valence-corrected chi connectivity index (χ2v) is 7.57. The highest BCUT2D eigenvalue weighted by Gasteiger charge is 2.34. The van der Waals surface area contributed by atoms with Gasteiger partial charge in [-0.25, -0.2) is 4.98 Å². The lowest BCUT2D eigenvalue weighted by Crippen LogP contribution is -2.36. The Morgan fingerprint density at radius 1 is 1.21 bits per heavy atom. The molecule has 0 atom stereocenters. The van der Waals surface area contributed by atoms with Crippen LogP contribution < -0.4 is 5.56 Å². The van der Waals surface area contributed by atoms with Crippen LogP contribution in [0.25, 0.3) is 11.4 Å². The minimum absolute atomic E-state index is 0.0605. The maximum absolute atomic E-state index is 13.1. The van der Waals surface area contributed by atoms with Crippen LogP contribution in [0.5, 0.6) is 0 Å². The second kappa shape index (κ2) is 7.60. The standard InChI is InChI=1S/C22H20ClN3O2/c1-14-4-2-6-16(10-14)20-24-12-19(21(27)25-20)22(28)26(18-8-9-18)13-15-5-3-7-17(23)11-15/h2-7,10-12,18H,8-9,13H2,1H3,(H,24,25,27). The van der Waals surface area contributed by atoms with E-state index in [2.05, 4.69) is 9.97 Å². The normalized spacial score (nSPS) is 13.4. The zero-order valence-corrected chi connectivity index (χ0v) is 16.2. The molecule has 1 aliphatic rings. The largest absolute Gasteiger partial charge is 0.331 e. The lowest BCUT2D eigenvalue weighted by atomic mass is 10.1. The summed E-state index contributed by atoms with van der Waals surface area (Å²) >= 11 is 6.06. The summed E-state index contributed by atoms with van der Waals surface area (Å²) in [6.07, 6.45) is 3.27. The van der Waals surface area contributed by atoms with Gasteiger partial charge in [-0.2, -0.15) is 0 Å². The summed E-state index contributed by atoms with van der Waals surface area (Å²) in [7, 11) is 0. The Morgan fingerprint density at radius 2 is 2.00 bits per heavy atom. The van der Waals surface area contributed by atoms with Crippen LogP contribution in [0.1, 0.15) is 34.3 Å². The van der Waals surface area contributed by atoms with E-state index >= 15 is 0 Å². The van der Waals surface area contributed by atoms with Gasteiger partial charge in [-0.05, 0) is 43.5 Å². The average Bonchev–Trinajstić information content (AvgIpc) is 3.51. The Hall–Kier alpha value is -2.92. The van der Waals surface area contributed by atoms with Crippen molar-refractivity contribution in [1.29, 1.82) is 0 Å². The van der Waals surface area contributed by atoms with Crippen molar-refractivity contribution in [2.24, 2.45) is 0 Å². The van der Waals surface area contributed by atoms with E-state index in [1.165, 1.54) is 6.20 Å². The molecule has 1 aliphatic carbocycles. The zero-order chi connectivity index (χ0) is 19.7. The molecule has 1 amide bonds. The Labute approximate surface area is 168 Å². The number of carbonyl (C=O) groups is 1. The maximum atomic E-state index is 13.1. The van der Waals surface area contributed by atoms with Gasteiger partial charge in [0.15, 0.2) is 0 Å². The summed E-state index contributed by atoms with van der Waals surface area (Å²) in [5.74, 6) is 0.157. The van der Waals surface area contributed by atoms with Gasteiger partial charge in [0.05, 0.1) is 0 Å². The quantitative estimate of drug-likeness (QED) is 0.706. The van der Waals surface area contributed by atoms with Crippen molar-refractivity contribution in [2.75, 3.05) is 0 Å². The van der Waals surface area contributed by atoms with Gasteiger partial charge >= 0.3 is 0 Å². The highest BCUT2D eigenvalue weighted by molar-refractivity contribution is 6.30. The highest BCUT2D eigenvalue weighted by atomic mass is 35.5. The first-order valence-electron chi connectivity index (χ1n) is 9.23. The first-order chi connectivity index (χ1) is 13.5. The first-order valence-corrected chi connectivity index (χ1v) is 9.61. The van der Waals surface area contributed by atoms with Gasteiger partial charge in [0.2, 0.25) is 0 Å². The summed E-state index contributed by atoms with van der Waals surface area (Å²) in [4.78, 5) is 34.5. The third-order valence-electron chi connectivity index (χ3n) is 4.81. The molecule has 1 heterocycles. The van der Waals surface area contributed by atoms with E-state index in [9.17, 15) is 9.59 Å². The SMILES string of the molecule is Cc1cccc(-c2ncc(C(=O)N(Cc3cccc(Cl)c3)C3CC3)c(=O)[nH]2)c1. The number of amides is 1. The number of hydrogen-bond acceptors (Lipinski definition) is 3. The van der Waals surface area contributed by atoms with Crippen molar-refractivity contribution in [2.45, 2.75) is 32.4 Å². The monoisotopic (exact) mass is 393 g/mol. The Kier molecular flexibility index (Phi) is 5.01. The molecule has 4 rings (SSSR count). The molecule has 0 unspecified atom stereocenters. The molecule has 1 aromatic heterocycles. The van der Waals surface area contributed by atoms with Crippen molar-refractivity contribution in [3.8, 4) is 11.4 Å².